The van der Waals surface area contributed by atoms with Crippen LogP contribution >= 0.6 is 0 Å². The molecule has 2 N–H and O–H groups in total. The molecule has 9 nitrogen and oxygen atoms in total. The zero-order chi connectivity index (χ0) is 29.3. The number of methoxy groups -OCH3 is 1. The average molecular weight is 568 g/mol. The molecule has 0 amide bonds. The molecule has 0 radical (unpaired) electrons. The third kappa shape index (κ3) is 9.90. The summed E-state index contributed by atoms with van der Waals surface area (Å²) >= 11 is 0. The number of ether oxygens (including phenoxy) is 3. The van der Waals surface area contributed by atoms with Crippen LogP contribution in [0.15, 0.2) is 48.8 Å². The van der Waals surface area contributed by atoms with E-state index in [1.54, 1.807) is 19.5 Å². The number of pyridine rings is 1. The van der Waals surface area contributed by atoms with Crippen LogP contribution < -0.4 is 9.47 Å². The highest BCUT2D eigenvalue weighted by Crippen LogP contribution is 2.40. The molecule has 39 heavy (non-hydrogen) atoms. The van der Waals surface area contributed by atoms with Gasteiger partial charge in [0, 0.05) is 38.4 Å². The molecule has 2 aromatic rings. The molecule has 0 bridgehead atoms. The Kier molecular flexibility index (Phi) is 10.9. The summed E-state index contributed by atoms with van der Waals surface area (Å²) in [6, 6.07) is 12.1. The molecule has 2 aliphatic rings. The van der Waals surface area contributed by atoms with Gasteiger partial charge in [-0.05, 0) is 36.2 Å². The first-order valence-corrected chi connectivity index (χ1v) is 11.3. The number of aromatic nitrogens is 1. The maximum atomic E-state index is 10.6. The first kappa shape index (κ1) is 31.6. The van der Waals surface area contributed by atoms with E-state index in [0.717, 1.165) is 44.2 Å². The zero-order valence-electron chi connectivity index (χ0n) is 20.5. The third-order valence-corrected chi connectivity index (χ3v) is 5.72. The Labute approximate surface area is 218 Å². The monoisotopic (exact) mass is 568 g/mol. The van der Waals surface area contributed by atoms with Crippen molar-refractivity contribution in [1.82, 2.24) is 9.88 Å². The van der Waals surface area contributed by atoms with E-state index in [1.165, 1.54) is 5.56 Å². The molecule has 1 unspecified atom stereocenters. The number of carbonyl (C=O) groups is 2. The van der Waals surface area contributed by atoms with Crippen LogP contribution in [-0.4, -0.2) is 83.4 Å². The topological polar surface area (TPSA) is 118 Å². The van der Waals surface area contributed by atoms with Gasteiger partial charge in [-0.3, -0.25) is 9.88 Å². The molecule has 1 aromatic heterocycles. The lowest BCUT2D eigenvalue weighted by atomic mass is 9.81. The second-order valence-corrected chi connectivity index (χ2v) is 8.50. The second kappa shape index (κ2) is 13.5. The van der Waals surface area contributed by atoms with Crippen LogP contribution in [0, 0.1) is 5.92 Å². The highest BCUT2D eigenvalue weighted by Gasteiger charge is 2.53. The fourth-order valence-corrected chi connectivity index (χ4v) is 3.81. The molecule has 2 saturated heterocycles. The number of likely N-dealkylation sites (tertiary alicyclic amines) is 1. The lowest BCUT2D eigenvalue weighted by Crippen LogP contribution is -2.64. The number of halogens is 6. The van der Waals surface area contributed by atoms with Gasteiger partial charge in [-0.25, -0.2) is 9.59 Å². The normalized spacial score (nSPS) is 18.1. The maximum Gasteiger partial charge on any atom is 0.490 e. The van der Waals surface area contributed by atoms with Crippen molar-refractivity contribution in [3.8, 4) is 11.5 Å². The first-order valence-electron chi connectivity index (χ1n) is 11.3. The number of nitrogens with zero attached hydrogens (tertiary/aromatic N) is 2. The van der Waals surface area contributed by atoms with Gasteiger partial charge in [-0.2, -0.15) is 26.3 Å². The van der Waals surface area contributed by atoms with Crippen LogP contribution in [0.4, 0.5) is 26.3 Å². The summed E-state index contributed by atoms with van der Waals surface area (Å²) in [5.41, 5.74) is 1.27. The van der Waals surface area contributed by atoms with Gasteiger partial charge < -0.3 is 24.4 Å². The van der Waals surface area contributed by atoms with Crippen LogP contribution in [0.2, 0.25) is 0 Å². The van der Waals surface area contributed by atoms with Crippen LogP contribution in [0.5, 0.6) is 11.5 Å². The molecule has 15 heteroatoms. The Balaban J connectivity index is 0.000000317. The minimum atomic E-state index is -5.08. The van der Waals surface area contributed by atoms with Gasteiger partial charge >= 0.3 is 24.3 Å². The number of carboxylic acids is 2. The van der Waals surface area contributed by atoms with Crippen molar-refractivity contribution in [1.29, 1.82) is 0 Å². The quantitative estimate of drug-likeness (QED) is 0.498. The predicted octanol–water partition coefficient (Wildman–Crippen LogP) is 4.03. The van der Waals surface area contributed by atoms with Crippen LogP contribution in [0.25, 0.3) is 0 Å². The number of hydrogen-bond acceptors (Lipinski definition) is 7. The lowest BCUT2D eigenvalue weighted by Gasteiger charge is -2.50. The van der Waals surface area contributed by atoms with E-state index < -0.39 is 24.3 Å². The molecular weight excluding hydrogens is 542 g/mol. The summed E-state index contributed by atoms with van der Waals surface area (Å²) in [5, 5.41) is 14.2. The van der Waals surface area contributed by atoms with Crippen molar-refractivity contribution >= 4 is 11.9 Å². The first-order chi connectivity index (χ1) is 18.2. The molecular formula is C24H26F6N2O7. The number of hydrogen-bond donors (Lipinski definition) is 2. The summed E-state index contributed by atoms with van der Waals surface area (Å²) in [4.78, 5) is 24.3. The highest BCUT2D eigenvalue weighted by molar-refractivity contribution is 5.73. The molecule has 1 atom stereocenters. The molecule has 0 saturated carbocycles. The zero-order valence-corrected chi connectivity index (χ0v) is 20.5. The predicted molar refractivity (Wildman–Crippen MR) is 122 cm³/mol. The standard InChI is InChI=1S/C20H24N2O3.2C2HF3O2/c1-23-18-6-4-16(5-7-18)12-22-14-20(15-22)17(8-10-25-20)13-24-19-3-2-9-21-11-19;2*3-2(4,5)1(6)7/h2-7,9,11,17H,8,10,12-15H2,1H3;2*(H,6,7). The largest absolute Gasteiger partial charge is 0.497 e. The lowest BCUT2D eigenvalue weighted by molar-refractivity contribution is -0.193. The van der Waals surface area contributed by atoms with Crippen molar-refractivity contribution in [3.63, 3.8) is 0 Å². The molecule has 3 heterocycles. The van der Waals surface area contributed by atoms with Crippen molar-refractivity contribution < 1.29 is 60.4 Å². The Morgan fingerprint density at radius 2 is 1.59 bits per heavy atom. The van der Waals surface area contributed by atoms with Crippen LogP contribution in [0.1, 0.15) is 12.0 Å². The molecule has 4 rings (SSSR count). The van der Waals surface area contributed by atoms with Crippen LogP contribution in [-0.2, 0) is 20.9 Å². The molecule has 2 fully saturated rings. The van der Waals surface area contributed by atoms with E-state index in [0.29, 0.717) is 12.5 Å². The van der Waals surface area contributed by atoms with Crippen molar-refractivity contribution in [2.24, 2.45) is 5.92 Å². The van der Waals surface area contributed by atoms with E-state index in [-0.39, 0.29) is 5.60 Å². The van der Waals surface area contributed by atoms with Gasteiger partial charge in [0.15, 0.2) is 0 Å². The highest BCUT2D eigenvalue weighted by atomic mass is 19.4. The summed E-state index contributed by atoms with van der Waals surface area (Å²) in [5.74, 6) is -3.34. The summed E-state index contributed by atoms with van der Waals surface area (Å²) < 4.78 is 80.7. The SMILES string of the molecule is COc1ccc(CN2CC3(C2)OCCC3COc2cccnc2)cc1.O=C(O)C(F)(F)F.O=C(O)C(F)(F)F. The summed E-state index contributed by atoms with van der Waals surface area (Å²) in [7, 11) is 1.69. The van der Waals surface area contributed by atoms with Gasteiger partial charge in [0.2, 0.25) is 0 Å². The summed E-state index contributed by atoms with van der Waals surface area (Å²) in [6.07, 6.45) is -5.58. The number of aliphatic carboxylic acids is 2. The Morgan fingerprint density at radius 3 is 2.05 bits per heavy atom. The number of benzene rings is 1. The molecule has 0 aliphatic carbocycles. The fraction of sp³-hybridized carbons (Fsp3) is 0.458. The number of rotatable bonds is 6. The minimum Gasteiger partial charge on any atom is -0.497 e. The van der Waals surface area contributed by atoms with Gasteiger partial charge in [-0.15, -0.1) is 0 Å². The van der Waals surface area contributed by atoms with Crippen molar-refractivity contribution in [3.05, 3.63) is 54.4 Å². The molecule has 1 spiro atoms. The second-order valence-electron chi connectivity index (χ2n) is 8.50. The van der Waals surface area contributed by atoms with E-state index in [4.69, 9.17) is 34.0 Å². The minimum absolute atomic E-state index is 0.0331. The van der Waals surface area contributed by atoms with Gasteiger partial charge in [0.25, 0.3) is 0 Å². The number of carboxylic acid groups (broad SMARTS) is 2. The fourth-order valence-electron chi connectivity index (χ4n) is 3.81. The van der Waals surface area contributed by atoms with Gasteiger partial charge in [-0.1, -0.05) is 12.1 Å². The van der Waals surface area contributed by atoms with E-state index in [2.05, 4.69) is 22.0 Å². The molecule has 2 aliphatic heterocycles. The van der Waals surface area contributed by atoms with E-state index in [1.807, 2.05) is 24.3 Å². The Bertz CT molecular complexity index is 1040. The van der Waals surface area contributed by atoms with Gasteiger partial charge in [0.1, 0.15) is 11.5 Å². The summed E-state index contributed by atoms with van der Waals surface area (Å²) in [6.45, 7) is 4.42. The Morgan fingerprint density at radius 1 is 1.03 bits per heavy atom. The number of alkyl halides is 6. The van der Waals surface area contributed by atoms with Crippen molar-refractivity contribution in [2.45, 2.75) is 30.9 Å². The van der Waals surface area contributed by atoms with E-state index in [9.17, 15) is 26.3 Å². The average Bonchev–Trinajstić information content (AvgIpc) is 3.27. The van der Waals surface area contributed by atoms with Gasteiger partial charge in [0.05, 0.1) is 25.5 Å². The van der Waals surface area contributed by atoms with Crippen LogP contribution in [0.3, 0.4) is 0 Å². The van der Waals surface area contributed by atoms with E-state index >= 15 is 0 Å². The maximum absolute atomic E-state index is 10.6. The molecule has 1 aromatic carbocycles. The van der Waals surface area contributed by atoms with Crippen molar-refractivity contribution in [2.75, 3.05) is 33.4 Å². The smallest absolute Gasteiger partial charge is 0.490 e. The third-order valence-electron chi connectivity index (χ3n) is 5.72. The molecule has 216 valence electrons. The Hall–Kier alpha value is -3.59.